The smallest absolute Gasteiger partial charge is 0.352 e. The summed E-state index contributed by atoms with van der Waals surface area (Å²) in [6.45, 7) is 8.29. The molecule has 0 aliphatic rings. The number of nitrogens with zero attached hydrogens (tertiary/aromatic N) is 1. The fourth-order valence-electron chi connectivity index (χ4n) is 1.66. The number of benzene rings is 1. The van der Waals surface area contributed by atoms with Crippen molar-refractivity contribution in [2.75, 3.05) is 6.61 Å². The standard InChI is InChI=1S/C15H21NO6/c1-10(2)21-12-8-6-7-11(14(12)16(18)19)20-9-13(17)22-15(3,4)5/h6-8,10H,9H2,1-5H3. The van der Waals surface area contributed by atoms with Crippen LogP contribution >= 0.6 is 0 Å². The van der Waals surface area contributed by atoms with Gasteiger partial charge in [-0.15, -0.1) is 0 Å². The Morgan fingerprint density at radius 3 is 2.36 bits per heavy atom. The molecule has 0 radical (unpaired) electrons. The highest BCUT2D eigenvalue weighted by Gasteiger charge is 2.24. The molecule has 1 aromatic carbocycles. The number of rotatable bonds is 6. The summed E-state index contributed by atoms with van der Waals surface area (Å²) in [5, 5.41) is 11.2. The van der Waals surface area contributed by atoms with Gasteiger partial charge in [-0.05, 0) is 46.8 Å². The first-order valence-corrected chi connectivity index (χ1v) is 6.89. The summed E-state index contributed by atoms with van der Waals surface area (Å²) in [6.07, 6.45) is -0.222. The zero-order valence-electron chi connectivity index (χ0n) is 13.4. The van der Waals surface area contributed by atoms with E-state index in [1.54, 1.807) is 40.7 Å². The van der Waals surface area contributed by atoms with E-state index < -0.39 is 23.1 Å². The number of carbonyl (C=O) groups excluding carboxylic acids is 1. The van der Waals surface area contributed by atoms with Crippen molar-refractivity contribution in [1.82, 2.24) is 0 Å². The van der Waals surface area contributed by atoms with Crippen LogP contribution in [0.4, 0.5) is 5.69 Å². The van der Waals surface area contributed by atoms with Gasteiger partial charge in [-0.1, -0.05) is 6.07 Å². The van der Waals surface area contributed by atoms with Crippen LogP contribution in [0.3, 0.4) is 0 Å². The number of ether oxygens (including phenoxy) is 3. The first-order valence-electron chi connectivity index (χ1n) is 6.89. The SMILES string of the molecule is CC(C)Oc1cccc(OCC(=O)OC(C)(C)C)c1[N+](=O)[O-]. The molecule has 1 rings (SSSR count). The van der Waals surface area contributed by atoms with Gasteiger partial charge in [0.2, 0.25) is 11.5 Å². The van der Waals surface area contributed by atoms with E-state index in [-0.39, 0.29) is 23.3 Å². The van der Waals surface area contributed by atoms with E-state index in [0.717, 1.165) is 0 Å². The molecule has 0 saturated carbocycles. The highest BCUT2D eigenvalue weighted by Crippen LogP contribution is 2.37. The quantitative estimate of drug-likeness (QED) is 0.455. The Morgan fingerprint density at radius 1 is 1.27 bits per heavy atom. The largest absolute Gasteiger partial charge is 0.484 e. The average Bonchev–Trinajstić information content (AvgIpc) is 2.33. The highest BCUT2D eigenvalue weighted by molar-refractivity contribution is 5.72. The van der Waals surface area contributed by atoms with Crippen LogP contribution in [0.25, 0.3) is 0 Å². The van der Waals surface area contributed by atoms with Gasteiger partial charge in [0.25, 0.3) is 0 Å². The van der Waals surface area contributed by atoms with Gasteiger partial charge in [0.05, 0.1) is 11.0 Å². The van der Waals surface area contributed by atoms with Crippen LogP contribution < -0.4 is 9.47 Å². The maximum Gasteiger partial charge on any atom is 0.352 e. The topological polar surface area (TPSA) is 87.9 Å². The minimum atomic E-state index is -0.644. The number of para-hydroxylation sites is 1. The Kier molecular flexibility index (Phi) is 5.73. The van der Waals surface area contributed by atoms with Crippen molar-refractivity contribution in [3.8, 4) is 11.5 Å². The van der Waals surface area contributed by atoms with Gasteiger partial charge in [0.15, 0.2) is 6.61 Å². The third-order valence-corrected chi connectivity index (χ3v) is 2.27. The summed E-state index contributed by atoms with van der Waals surface area (Å²) < 4.78 is 15.7. The van der Waals surface area contributed by atoms with Crippen molar-refractivity contribution >= 4 is 11.7 Å². The molecular weight excluding hydrogens is 290 g/mol. The molecule has 0 N–H and O–H groups in total. The summed E-state index contributed by atoms with van der Waals surface area (Å²) >= 11 is 0. The first kappa shape index (κ1) is 17.7. The Hall–Kier alpha value is -2.31. The second kappa shape index (κ2) is 7.11. The van der Waals surface area contributed by atoms with Crippen LogP contribution in [0.2, 0.25) is 0 Å². The normalized spacial score (nSPS) is 11.2. The van der Waals surface area contributed by atoms with Crippen LogP contribution in [-0.2, 0) is 9.53 Å². The summed E-state index contributed by atoms with van der Waals surface area (Å²) in [4.78, 5) is 22.3. The van der Waals surface area contributed by atoms with Gasteiger partial charge in [-0.3, -0.25) is 10.1 Å². The fraction of sp³-hybridized carbons (Fsp3) is 0.533. The Labute approximate surface area is 129 Å². The molecule has 0 spiro atoms. The molecule has 22 heavy (non-hydrogen) atoms. The van der Waals surface area contributed by atoms with Gasteiger partial charge in [-0.2, -0.15) is 0 Å². The molecule has 0 heterocycles. The molecule has 0 unspecified atom stereocenters. The van der Waals surface area contributed by atoms with Crippen LogP contribution in [-0.4, -0.2) is 29.2 Å². The van der Waals surface area contributed by atoms with Gasteiger partial charge in [0, 0.05) is 0 Å². The molecule has 0 aromatic heterocycles. The van der Waals surface area contributed by atoms with E-state index in [0.29, 0.717) is 0 Å². The third kappa shape index (κ3) is 5.59. The summed E-state index contributed by atoms with van der Waals surface area (Å²) in [7, 11) is 0. The maximum absolute atomic E-state index is 11.6. The van der Waals surface area contributed by atoms with Gasteiger partial charge in [0.1, 0.15) is 5.60 Å². The van der Waals surface area contributed by atoms with Crippen LogP contribution in [0.15, 0.2) is 18.2 Å². The highest BCUT2D eigenvalue weighted by atomic mass is 16.6. The number of nitro benzene ring substituents is 1. The zero-order valence-corrected chi connectivity index (χ0v) is 13.4. The number of esters is 1. The second-order valence-corrected chi connectivity index (χ2v) is 5.90. The lowest BCUT2D eigenvalue weighted by atomic mass is 10.2. The molecular formula is C15H21NO6. The molecule has 122 valence electrons. The van der Waals surface area contributed by atoms with Crippen molar-refractivity contribution < 1.29 is 23.9 Å². The molecule has 7 heteroatoms. The zero-order chi connectivity index (χ0) is 16.9. The predicted octanol–water partition coefficient (Wildman–Crippen LogP) is 3.10. The molecule has 1 aromatic rings. The Balaban J connectivity index is 2.90. The summed E-state index contributed by atoms with van der Waals surface area (Å²) in [5.74, 6) is -0.535. The third-order valence-electron chi connectivity index (χ3n) is 2.27. The summed E-state index contributed by atoms with van der Waals surface area (Å²) in [5.41, 5.74) is -0.950. The number of hydrogen-bond acceptors (Lipinski definition) is 6. The number of hydrogen-bond donors (Lipinski definition) is 0. The lowest BCUT2D eigenvalue weighted by molar-refractivity contribution is -0.387. The minimum Gasteiger partial charge on any atom is -0.484 e. The van der Waals surface area contributed by atoms with Gasteiger partial charge < -0.3 is 14.2 Å². The van der Waals surface area contributed by atoms with Crippen molar-refractivity contribution in [1.29, 1.82) is 0 Å². The van der Waals surface area contributed by atoms with E-state index in [1.165, 1.54) is 12.1 Å². The molecule has 0 aliphatic heterocycles. The predicted molar refractivity (Wildman–Crippen MR) is 80.2 cm³/mol. The molecule has 0 bridgehead atoms. The minimum absolute atomic E-state index is 0.0333. The molecule has 0 fully saturated rings. The van der Waals surface area contributed by atoms with E-state index in [4.69, 9.17) is 14.2 Å². The molecule has 0 saturated heterocycles. The average molecular weight is 311 g/mol. The van der Waals surface area contributed by atoms with Crippen molar-refractivity contribution in [3.63, 3.8) is 0 Å². The number of carbonyl (C=O) groups is 1. The summed E-state index contributed by atoms with van der Waals surface area (Å²) in [6, 6.07) is 4.46. The van der Waals surface area contributed by atoms with Crippen LogP contribution in [0.5, 0.6) is 11.5 Å². The van der Waals surface area contributed by atoms with Crippen LogP contribution in [0.1, 0.15) is 34.6 Å². The monoisotopic (exact) mass is 311 g/mol. The molecule has 0 atom stereocenters. The van der Waals surface area contributed by atoms with Crippen molar-refractivity contribution in [2.45, 2.75) is 46.3 Å². The number of nitro groups is 1. The lowest BCUT2D eigenvalue weighted by Gasteiger charge is -2.19. The van der Waals surface area contributed by atoms with E-state index in [2.05, 4.69) is 0 Å². The first-order chi connectivity index (χ1) is 10.1. The van der Waals surface area contributed by atoms with Gasteiger partial charge in [-0.25, -0.2) is 4.79 Å². The van der Waals surface area contributed by atoms with Crippen molar-refractivity contribution in [2.24, 2.45) is 0 Å². The fourth-order valence-corrected chi connectivity index (χ4v) is 1.66. The van der Waals surface area contributed by atoms with E-state index >= 15 is 0 Å². The maximum atomic E-state index is 11.6. The lowest BCUT2D eigenvalue weighted by Crippen LogP contribution is -2.27. The Bertz CT molecular complexity index is 547. The van der Waals surface area contributed by atoms with Crippen LogP contribution in [0, 0.1) is 10.1 Å². The second-order valence-electron chi connectivity index (χ2n) is 5.90. The molecule has 0 aliphatic carbocycles. The van der Waals surface area contributed by atoms with E-state index in [9.17, 15) is 14.9 Å². The van der Waals surface area contributed by atoms with Gasteiger partial charge >= 0.3 is 11.7 Å². The van der Waals surface area contributed by atoms with Crippen molar-refractivity contribution in [3.05, 3.63) is 28.3 Å². The Morgan fingerprint density at radius 2 is 1.86 bits per heavy atom. The van der Waals surface area contributed by atoms with E-state index in [1.807, 2.05) is 0 Å². The molecule has 7 nitrogen and oxygen atoms in total. The molecule has 0 amide bonds.